The molecule has 0 radical (unpaired) electrons. The van der Waals surface area contributed by atoms with Gasteiger partial charge < -0.3 is 19.5 Å². The smallest absolute Gasteiger partial charge is 0.271 e. The van der Waals surface area contributed by atoms with Gasteiger partial charge in [0.05, 0.1) is 17.3 Å². The molecule has 0 aliphatic rings. The fraction of sp³-hybridized carbons (Fsp3) is 0.182. The van der Waals surface area contributed by atoms with Crippen LogP contribution in [-0.4, -0.2) is 31.2 Å². The summed E-state index contributed by atoms with van der Waals surface area (Å²) in [4.78, 5) is 25.5. The standard InChI is InChI=1S/C33H31Br2N3O5/c1-4-41-30-16-24(11-13-29(30)42-19-23-8-6-5-7-9-23)33(40)38-36-18-25-15-26(34)17-28(35)32(25)43-20-31(39)37-27-12-10-21(2)22(3)14-27/h5-18H,4,19-20H2,1-3H3,(H,37,39)(H,38,40)/b36-18+. The number of hydrogen-bond acceptors (Lipinski definition) is 6. The number of amides is 2. The number of nitrogens with zero attached hydrogens (tertiary/aromatic N) is 1. The Kier molecular flexibility index (Phi) is 11.4. The summed E-state index contributed by atoms with van der Waals surface area (Å²) < 4.78 is 18.9. The number of hydrogen-bond donors (Lipinski definition) is 2. The maximum Gasteiger partial charge on any atom is 0.271 e. The van der Waals surface area contributed by atoms with Crippen LogP contribution in [0.5, 0.6) is 17.2 Å². The van der Waals surface area contributed by atoms with Crippen molar-refractivity contribution in [1.29, 1.82) is 0 Å². The summed E-state index contributed by atoms with van der Waals surface area (Å²) in [6, 6.07) is 24.0. The van der Waals surface area contributed by atoms with Crippen molar-refractivity contribution in [2.24, 2.45) is 5.10 Å². The monoisotopic (exact) mass is 707 g/mol. The summed E-state index contributed by atoms with van der Waals surface area (Å²) in [7, 11) is 0. The highest BCUT2D eigenvalue weighted by molar-refractivity contribution is 9.11. The third kappa shape index (κ3) is 9.17. The van der Waals surface area contributed by atoms with Crippen LogP contribution in [0.25, 0.3) is 0 Å². The van der Waals surface area contributed by atoms with Crippen LogP contribution in [0.4, 0.5) is 5.69 Å². The lowest BCUT2D eigenvalue weighted by molar-refractivity contribution is -0.118. The number of hydrazone groups is 1. The average molecular weight is 709 g/mol. The third-order valence-corrected chi connectivity index (χ3v) is 7.33. The van der Waals surface area contributed by atoms with Gasteiger partial charge in [-0.25, -0.2) is 5.43 Å². The van der Waals surface area contributed by atoms with Gasteiger partial charge in [-0.2, -0.15) is 5.10 Å². The zero-order valence-corrected chi connectivity index (χ0v) is 27.1. The number of ether oxygens (including phenoxy) is 3. The van der Waals surface area contributed by atoms with E-state index in [0.29, 0.717) is 51.7 Å². The SMILES string of the molecule is CCOc1cc(C(=O)N/N=C/c2cc(Br)cc(Br)c2OCC(=O)Nc2ccc(C)c(C)c2)ccc1OCc1ccccc1. The predicted molar refractivity (Wildman–Crippen MR) is 175 cm³/mol. The number of aryl methyl sites for hydroxylation is 2. The fourth-order valence-electron chi connectivity index (χ4n) is 3.98. The van der Waals surface area contributed by atoms with Crippen LogP contribution < -0.4 is 25.0 Å². The van der Waals surface area contributed by atoms with Crippen molar-refractivity contribution in [2.75, 3.05) is 18.5 Å². The summed E-state index contributed by atoms with van der Waals surface area (Å²) in [6.45, 7) is 6.42. The maximum absolute atomic E-state index is 12.9. The van der Waals surface area contributed by atoms with E-state index in [-0.39, 0.29) is 12.5 Å². The van der Waals surface area contributed by atoms with Gasteiger partial charge in [-0.1, -0.05) is 52.3 Å². The molecule has 0 saturated carbocycles. The van der Waals surface area contributed by atoms with E-state index in [9.17, 15) is 9.59 Å². The Morgan fingerprint density at radius 1 is 0.860 bits per heavy atom. The van der Waals surface area contributed by atoms with Gasteiger partial charge in [0.1, 0.15) is 12.4 Å². The average Bonchev–Trinajstić information content (AvgIpc) is 2.98. The largest absolute Gasteiger partial charge is 0.490 e. The number of carbonyl (C=O) groups excluding carboxylic acids is 2. The summed E-state index contributed by atoms with van der Waals surface area (Å²) in [6.07, 6.45) is 1.45. The van der Waals surface area contributed by atoms with Crippen molar-refractivity contribution in [1.82, 2.24) is 5.43 Å². The molecule has 0 aliphatic heterocycles. The highest BCUT2D eigenvalue weighted by Crippen LogP contribution is 2.32. The zero-order valence-electron chi connectivity index (χ0n) is 23.9. The molecule has 0 saturated heterocycles. The first-order chi connectivity index (χ1) is 20.7. The van der Waals surface area contributed by atoms with Crippen LogP contribution >= 0.6 is 31.9 Å². The molecule has 43 heavy (non-hydrogen) atoms. The Hall–Kier alpha value is -4.15. The van der Waals surface area contributed by atoms with E-state index in [1.807, 2.05) is 69.3 Å². The molecular weight excluding hydrogens is 678 g/mol. The number of rotatable bonds is 12. The Morgan fingerprint density at radius 2 is 1.65 bits per heavy atom. The molecule has 222 valence electrons. The molecule has 10 heteroatoms. The van der Waals surface area contributed by atoms with E-state index in [2.05, 4.69) is 47.7 Å². The highest BCUT2D eigenvalue weighted by Gasteiger charge is 2.14. The lowest BCUT2D eigenvalue weighted by Crippen LogP contribution is -2.21. The summed E-state index contributed by atoms with van der Waals surface area (Å²) in [5.74, 6) is 0.649. The van der Waals surface area contributed by atoms with Crippen molar-refractivity contribution in [3.63, 3.8) is 0 Å². The van der Waals surface area contributed by atoms with Crippen LogP contribution in [0.2, 0.25) is 0 Å². The molecule has 2 N–H and O–H groups in total. The van der Waals surface area contributed by atoms with Crippen molar-refractivity contribution < 1.29 is 23.8 Å². The Bertz CT molecular complexity index is 1630. The lowest BCUT2D eigenvalue weighted by atomic mass is 10.1. The number of halogens is 2. The first-order valence-electron chi connectivity index (χ1n) is 13.5. The molecular formula is C33H31Br2N3O5. The zero-order chi connectivity index (χ0) is 30.8. The highest BCUT2D eigenvalue weighted by atomic mass is 79.9. The van der Waals surface area contributed by atoms with Gasteiger partial charge in [0.15, 0.2) is 18.1 Å². The minimum atomic E-state index is -0.434. The molecule has 0 atom stereocenters. The van der Waals surface area contributed by atoms with Crippen LogP contribution in [-0.2, 0) is 11.4 Å². The molecule has 4 aromatic carbocycles. The Balaban J connectivity index is 1.41. The fourth-order valence-corrected chi connectivity index (χ4v) is 5.35. The molecule has 0 spiro atoms. The third-order valence-electron chi connectivity index (χ3n) is 6.29. The van der Waals surface area contributed by atoms with E-state index < -0.39 is 5.91 Å². The van der Waals surface area contributed by atoms with Gasteiger partial charge in [-0.3, -0.25) is 9.59 Å². The minimum absolute atomic E-state index is 0.223. The molecule has 0 aliphatic carbocycles. The van der Waals surface area contributed by atoms with Crippen molar-refractivity contribution in [3.8, 4) is 17.2 Å². The number of anilines is 1. The second kappa shape index (κ2) is 15.4. The van der Waals surface area contributed by atoms with Crippen LogP contribution in [0, 0.1) is 13.8 Å². The molecule has 4 rings (SSSR count). The van der Waals surface area contributed by atoms with Crippen molar-refractivity contribution in [2.45, 2.75) is 27.4 Å². The van der Waals surface area contributed by atoms with Gasteiger partial charge >= 0.3 is 0 Å². The molecule has 0 bridgehead atoms. The van der Waals surface area contributed by atoms with Crippen molar-refractivity contribution in [3.05, 3.63) is 116 Å². The molecule has 0 unspecified atom stereocenters. The molecule has 0 heterocycles. The second-order valence-corrected chi connectivity index (χ2v) is 11.3. The number of benzene rings is 4. The second-order valence-electron chi connectivity index (χ2n) is 9.51. The topological polar surface area (TPSA) is 98.3 Å². The van der Waals surface area contributed by atoms with E-state index in [0.717, 1.165) is 21.2 Å². The van der Waals surface area contributed by atoms with E-state index in [4.69, 9.17) is 14.2 Å². The lowest BCUT2D eigenvalue weighted by Gasteiger charge is -2.13. The maximum atomic E-state index is 12.9. The van der Waals surface area contributed by atoms with Gasteiger partial charge in [-0.05, 0) is 95.9 Å². The van der Waals surface area contributed by atoms with Crippen LogP contribution in [0.3, 0.4) is 0 Å². The molecule has 8 nitrogen and oxygen atoms in total. The van der Waals surface area contributed by atoms with Gasteiger partial charge in [0.25, 0.3) is 11.8 Å². The number of carbonyl (C=O) groups is 2. The summed E-state index contributed by atoms with van der Waals surface area (Å²) >= 11 is 6.94. The first kappa shape index (κ1) is 31.8. The van der Waals surface area contributed by atoms with Crippen LogP contribution in [0.15, 0.2) is 92.9 Å². The van der Waals surface area contributed by atoms with E-state index in [1.165, 1.54) is 6.21 Å². The molecule has 2 amide bonds. The number of nitrogens with one attached hydrogen (secondary N) is 2. The van der Waals surface area contributed by atoms with Crippen molar-refractivity contribution >= 4 is 55.6 Å². The molecule has 0 aromatic heterocycles. The first-order valence-corrected chi connectivity index (χ1v) is 15.1. The Morgan fingerprint density at radius 3 is 2.40 bits per heavy atom. The van der Waals surface area contributed by atoms with Crippen LogP contribution in [0.1, 0.15) is 39.5 Å². The van der Waals surface area contributed by atoms with Gasteiger partial charge in [0.2, 0.25) is 0 Å². The predicted octanol–water partition coefficient (Wildman–Crippen LogP) is 7.59. The molecule has 4 aromatic rings. The van der Waals surface area contributed by atoms with E-state index >= 15 is 0 Å². The minimum Gasteiger partial charge on any atom is -0.490 e. The molecule has 0 fully saturated rings. The van der Waals surface area contributed by atoms with E-state index in [1.54, 1.807) is 30.3 Å². The van der Waals surface area contributed by atoms with Gasteiger partial charge in [-0.15, -0.1) is 0 Å². The van der Waals surface area contributed by atoms with Gasteiger partial charge in [0, 0.05) is 21.3 Å². The quantitative estimate of drug-likeness (QED) is 0.117. The summed E-state index contributed by atoms with van der Waals surface area (Å²) in [5.41, 5.74) is 7.36. The summed E-state index contributed by atoms with van der Waals surface area (Å²) in [5, 5.41) is 6.97. The normalized spacial score (nSPS) is 10.8. The Labute approximate surface area is 267 Å².